The molecule has 0 aliphatic heterocycles. The van der Waals surface area contributed by atoms with Crippen molar-refractivity contribution in [2.24, 2.45) is 0 Å². The Bertz CT molecular complexity index is 206. The molecule has 0 aromatic carbocycles. The van der Waals surface area contributed by atoms with Crippen molar-refractivity contribution < 1.29 is 14.1 Å². The third-order valence-corrected chi connectivity index (χ3v) is 3.36. The summed E-state index contributed by atoms with van der Waals surface area (Å²) in [7, 11) is 0. The number of esters is 1. The van der Waals surface area contributed by atoms with Crippen molar-refractivity contribution in [3.8, 4) is 0 Å². The Labute approximate surface area is 92.6 Å². The van der Waals surface area contributed by atoms with Gasteiger partial charge in [-0.25, -0.2) is 0 Å². The standard InChI is InChI=1S/C9H15ClO3S/c1-3-4-7-14(12)9(10)5-6-13-8(2)11/h5H,3-4,6-7H2,1-2H3/b9-5+. The fourth-order valence-corrected chi connectivity index (χ4v) is 1.98. The lowest BCUT2D eigenvalue weighted by atomic mass is 10.4. The molecule has 0 amide bonds. The SMILES string of the molecule is CCCC[S+]([O-])/C(Cl)=C/COC(C)=O. The predicted octanol–water partition coefficient (Wildman–Crippen LogP) is 2.18. The van der Waals surface area contributed by atoms with Crippen LogP contribution in [0, 0.1) is 0 Å². The van der Waals surface area contributed by atoms with Crippen molar-refractivity contribution in [3.63, 3.8) is 0 Å². The molecule has 82 valence electrons. The van der Waals surface area contributed by atoms with E-state index in [4.69, 9.17) is 11.6 Å². The molecule has 0 rings (SSSR count). The Balaban J connectivity index is 3.78. The molecule has 5 heteroatoms. The normalized spacial score (nSPS) is 13.9. The maximum Gasteiger partial charge on any atom is 0.302 e. The Morgan fingerprint density at radius 3 is 2.79 bits per heavy atom. The molecule has 0 aliphatic rings. The van der Waals surface area contributed by atoms with Gasteiger partial charge in [0.05, 0.1) is 0 Å². The fourth-order valence-electron chi connectivity index (χ4n) is 0.690. The molecule has 14 heavy (non-hydrogen) atoms. The summed E-state index contributed by atoms with van der Waals surface area (Å²) in [5.74, 6) is 0.191. The summed E-state index contributed by atoms with van der Waals surface area (Å²) in [6, 6.07) is 0. The van der Waals surface area contributed by atoms with E-state index < -0.39 is 11.2 Å². The molecule has 0 fully saturated rings. The number of unbranched alkanes of at least 4 members (excludes halogenated alkanes) is 1. The van der Waals surface area contributed by atoms with Gasteiger partial charge < -0.3 is 9.29 Å². The van der Waals surface area contributed by atoms with E-state index in [-0.39, 0.29) is 16.9 Å². The van der Waals surface area contributed by atoms with E-state index in [9.17, 15) is 9.35 Å². The third kappa shape index (κ3) is 7.24. The molecule has 1 unspecified atom stereocenters. The molecule has 1 atom stereocenters. The number of rotatable bonds is 6. The second-order valence-electron chi connectivity index (χ2n) is 2.71. The molecule has 0 N–H and O–H groups in total. The summed E-state index contributed by atoms with van der Waals surface area (Å²) in [5, 5.41) is 0. The zero-order valence-corrected chi connectivity index (χ0v) is 9.99. The topological polar surface area (TPSA) is 49.4 Å². The monoisotopic (exact) mass is 238 g/mol. The molecule has 0 aliphatic carbocycles. The Hall–Kier alpha value is -0.190. The Morgan fingerprint density at radius 1 is 1.64 bits per heavy atom. The Morgan fingerprint density at radius 2 is 2.29 bits per heavy atom. The predicted molar refractivity (Wildman–Crippen MR) is 58.5 cm³/mol. The van der Waals surface area contributed by atoms with Gasteiger partial charge in [-0.05, 0) is 29.2 Å². The number of hydrogen-bond donors (Lipinski definition) is 0. The van der Waals surface area contributed by atoms with Crippen molar-refractivity contribution >= 4 is 28.7 Å². The lowest BCUT2D eigenvalue weighted by Crippen LogP contribution is -2.07. The number of carbonyl (C=O) groups is 1. The van der Waals surface area contributed by atoms with Gasteiger partial charge in [-0.3, -0.25) is 4.79 Å². The molecule has 0 radical (unpaired) electrons. The van der Waals surface area contributed by atoms with Crippen LogP contribution in [0.2, 0.25) is 0 Å². The molecule has 0 heterocycles. The van der Waals surface area contributed by atoms with Crippen molar-refractivity contribution in [3.05, 3.63) is 10.4 Å². The number of ether oxygens (including phenoxy) is 1. The van der Waals surface area contributed by atoms with Gasteiger partial charge in [0.1, 0.15) is 12.4 Å². The summed E-state index contributed by atoms with van der Waals surface area (Å²) in [4.78, 5) is 10.4. The van der Waals surface area contributed by atoms with Gasteiger partial charge in [-0.15, -0.1) is 0 Å². The average Bonchev–Trinajstić information content (AvgIpc) is 2.13. The van der Waals surface area contributed by atoms with Crippen molar-refractivity contribution in [2.45, 2.75) is 26.7 Å². The largest absolute Gasteiger partial charge is 0.611 e. The minimum atomic E-state index is -1.14. The maximum absolute atomic E-state index is 11.3. The average molecular weight is 239 g/mol. The van der Waals surface area contributed by atoms with Gasteiger partial charge in [0.25, 0.3) is 0 Å². The highest BCUT2D eigenvalue weighted by atomic mass is 35.5. The van der Waals surface area contributed by atoms with Crippen LogP contribution in [0.15, 0.2) is 10.4 Å². The fraction of sp³-hybridized carbons (Fsp3) is 0.667. The van der Waals surface area contributed by atoms with Crippen LogP contribution < -0.4 is 0 Å². The maximum atomic E-state index is 11.3. The van der Waals surface area contributed by atoms with Crippen LogP contribution in [-0.4, -0.2) is 22.9 Å². The first-order valence-corrected chi connectivity index (χ1v) is 6.15. The first-order valence-electron chi connectivity index (χ1n) is 4.45. The van der Waals surface area contributed by atoms with Gasteiger partial charge in [0.2, 0.25) is 4.36 Å². The lowest BCUT2D eigenvalue weighted by molar-refractivity contribution is -0.139. The molecule has 0 spiro atoms. The zero-order chi connectivity index (χ0) is 11.0. The van der Waals surface area contributed by atoms with Crippen LogP contribution in [0.1, 0.15) is 26.7 Å². The van der Waals surface area contributed by atoms with Crippen LogP contribution in [0.5, 0.6) is 0 Å². The molecular formula is C9H15ClO3S. The first-order chi connectivity index (χ1) is 6.57. The second-order valence-corrected chi connectivity index (χ2v) is 4.88. The number of hydrogen-bond acceptors (Lipinski definition) is 3. The van der Waals surface area contributed by atoms with E-state index in [2.05, 4.69) is 4.74 Å². The highest BCUT2D eigenvalue weighted by molar-refractivity contribution is 7.96. The molecule has 0 bridgehead atoms. The smallest absolute Gasteiger partial charge is 0.302 e. The van der Waals surface area contributed by atoms with E-state index in [1.807, 2.05) is 6.92 Å². The van der Waals surface area contributed by atoms with Crippen LogP contribution in [0.4, 0.5) is 0 Å². The van der Waals surface area contributed by atoms with Gasteiger partial charge in [-0.2, -0.15) is 0 Å². The summed E-state index contributed by atoms with van der Waals surface area (Å²) >= 11 is 4.58. The number of carbonyl (C=O) groups excluding carboxylic acids is 1. The number of halogens is 1. The van der Waals surface area contributed by atoms with Crippen LogP contribution in [0.3, 0.4) is 0 Å². The second kappa shape index (κ2) is 8.15. The van der Waals surface area contributed by atoms with Crippen molar-refractivity contribution in [2.75, 3.05) is 12.4 Å². The summed E-state index contributed by atoms with van der Waals surface area (Å²) < 4.78 is 16.2. The van der Waals surface area contributed by atoms with E-state index in [0.717, 1.165) is 12.8 Å². The minimum Gasteiger partial charge on any atom is -0.611 e. The van der Waals surface area contributed by atoms with Crippen LogP contribution >= 0.6 is 11.6 Å². The van der Waals surface area contributed by atoms with E-state index in [1.54, 1.807) is 0 Å². The minimum absolute atomic E-state index is 0.0893. The van der Waals surface area contributed by atoms with E-state index in [1.165, 1.54) is 13.0 Å². The molecule has 0 aromatic heterocycles. The summed E-state index contributed by atoms with van der Waals surface area (Å²) in [5.41, 5.74) is 0. The van der Waals surface area contributed by atoms with Crippen molar-refractivity contribution in [1.29, 1.82) is 0 Å². The van der Waals surface area contributed by atoms with Gasteiger partial charge >= 0.3 is 5.97 Å². The van der Waals surface area contributed by atoms with Crippen LogP contribution in [0.25, 0.3) is 0 Å². The highest BCUT2D eigenvalue weighted by Gasteiger charge is 2.10. The van der Waals surface area contributed by atoms with Gasteiger partial charge in [0.15, 0.2) is 0 Å². The third-order valence-electron chi connectivity index (χ3n) is 1.43. The quantitative estimate of drug-likeness (QED) is 0.527. The van der Waals surface area contributed by atoms with Crippen molar-refractivity contribution in [1.82, 2.24) is 0 Å². The van der Waals surface area contributed by atoms with E-state index >= 15 is 0 Å². The first kappa shape index (κ1) is 13.8. The molecule has 3 nitrogen and oxygen atoms in total. The van der Waals surface area contributed by atoms with Gasteiger partial charge in [-0.1, -0.05) is 13.3 Å². The molecule has 0 aromatic rings. The zero-order valence-electron chi connectivity index (χ0n) is 8.42. The summed E-state index contributed by atoms with van der Waals surface area (Å²) in [6.07, 6.45) is 3.33. The molecule has 0 saturated carbocycles. The lowest BCUT2D eigenvalue weighted by Gasteiger charge is -2.07. The highest BCUT2D eigenvalue weighted by Crippen LogP contribution is 2.14. The van der Waals surface area contributed by atoms with Gasteiger partial charge in [0, 0.05) is 13.0 Å². The van der Waals surface area contributed by atoms with Crippen LogP contribution in [-0.2, 0) is 20.7 Å². The molecule has 0 saturated heterocycles. The molecular weight excluding hydrogens is 224 g/mol. The van der Waals surface area contributed by atoms with E-state index in [0.29, 0.717) is 5.75 Å². The Kier molecular flexibility index (Phi) is 8.04. The summed E-state index contributed by atoms with van der Waals surface area (Å²) in [6.45, 7) is 3.43.